The Hall–Kier alpha value is -1.68. The monoisotopic (exact) mass is 231 g/mol. The molecular weight excluding hydrogens is 214 g/mol. The van der Waals surface area contributed by atoms with Crippen molar-refractivity contribution in [2.45, 2.75) is 31.9 Å². The predicted molar refractivity (Wildman–Crippen MR) is 65.3 cm³/mol. The van der Waals surface area contributed by atoms with Crippen LogP contribution in [0.2, 0.25) is 0 Å². The van der Waals surface area contributed by atoms with Crippen LogP contribution in [0.1, 0.15) is 25.3 Å². The molecule has 1 heterocycles. The van der Waals surface area contributed by atoms with Crippen molar-refractivity contribution >= 4 is 0 Å². The summed E-state index contributed by atoms with van der Waals surface area (Å²) in [4.78, 5) is 3.90. The van der Waals surface area contributed by atoms with Crippen molar-refractivity contribution in [2.24, 2.45) is 0 Å². The summed E-state index contributed by atoms with van der Waals surface area (Å²) in [5.74, 6) is 0. The van der Waals surface area contributed by atoms with E-state index >= 15 is 0 Å². The molecule has 2 rings (SSSR count). The third-order valence-electron chi connectivity index (χ3n) is 2.86. The topological polar surface area (TPSA) is 50.9 Å². The second kappa shape index (κ2) is 5.10. The van der Waals surface area contributed by atoms with Gasteiger partial charge in [-0.25, -0.2) is 9.67 Å². The van der Waals surface area contributed by atoms with E-state index in [9.17, 15) is 5.11 Å². The first-order valence-corrected chi connectivity index (χ1v) is 5.85. The molecule has 0 aliphatic carbocycles. The molecule has 0 aliphatic heterocycles. The Bertz CT molecular complexity index is 441. The predicted octanol–water partition coefficient (Wildman–Crippen LogP) is 1.97. The van der Waals surface area contributed by atoms with Gasteiger partial charge in [-0.05, 0) is 12.0 Å². The highest BCUT2D eigenvalue weighted by Crippen LogP contribution is 2.27. The maximum Gasteiger partial charge on any atom is 0.137 e. The van der Waals surface area contributed by atoms with E-state index < -0.39 is 5.60 Å². The van der Waals surface area contributed by atoms with Crippen molar-refractivity contribution in [1.29, 1.82) is 0 Å². The van der Waals surface area contributed by atoms with Crippen molar-refractivity contribution in [3.63, 3.8) is 0 Å². The smallest absolute Gasteiger partial charge is 0.137 e. The normalized spacial score (nSPS) is 14.5. The second-order valence-electron chi connectivity index (χ2n) is 4.24. The molecule has 1 N–H and O–H groups in total. The van der Waals surface area contributed by atoms with Crippen LogP contribution < -0.4 is 0 Å². The number of hydrogen-bond donors (Lipinski definition) is 1. The molecule has 0 amide bonds. The average Bonchev–Trinajstić information content (AvgIpc) is 2.83. The third-order valence-corrected chi connectivity index (χ3v) is 2.86. The lowest BCUT2D eigenvalue weighted by molar-refractivity contribution is 0.00553. The van der Waals surface area contributed by atoms with Crippen molar-refractivity contribution in [3.8, 4) is 0 Å². The lowest BCUT2D eigenvalue weighted by Gasteiger charge is -2.28. The zero-order valence-electron chi connectivity index (χ0n) is 9.95. The van der Waals surface area contributed by atoms with Crippen LogP contribution in [0, 0.1) is 0 Å². The van der Waals surface area contributed by atoms with Crippen LogP contribution in [0.3, 0.4) is 0 Å². The quantitative estimate of drug-likeness (QED) is 0.855. The molecule has 0 radical (unpaired) electrons. The standard InChI is InChI=1S/C13H17N3O/c1-2-8-13(17,9-16-11-14-10-15-16)12-6-4-3-5-7-12/h3-7,10-11,17H,2,8-9H2,1H3. The molecule has 0 saturated heterocycles. The van der Waals surface area contributed by atoms with Gasteiger partial charge in [0.15, 0.2) is 0 Å². The summed E-state index contributed by atoms with van der Waals surface area (Å²) in [7, 11) is 0. The maximum atomic E-state index is 10.8. The average molecular weight is 231 g/mol. The Balaban J connectivity index is 2.26. The summed E-state index contributed by atoms with van der Waals surface area (Å²) in [5, 5.41) is 14.8. The summed E-state index contributed by atoms with van der Waals surface area (Å²) >= 11 is 0. The first-order chi connectivity index (χ1) is 8.24. The molecule has 0 bridgehead atoms. The summed E-state index contributed by atoms with van der Waals surface area (Å²) in [6, 6.07) is 9.74. The zero-order chi connectivity index (χ0) is 12.1. The van der Waals surface area contributed by atoms with Crippen LogP contribution in [-0.4, -0.2) is 19.9 Å². The summed E-state index contributed by atoms with van der Waals surface area (Å²) in [5.41, 5.74) is 0.0568. The van der Waals surface area contributed by atoms with E-state index in [0.717, 1.165) is 12.0 Å². The fraction of sp³-hybridized carbons (Fsp3) is 0.385. The van der Waals surface area contributed by atoms with Gasteiger partial charge in [0.25, 0.3) is 0 Å². The molecule has 4 heteroatoms. The molecule has 0 fully saturated rings. The maximum absolute atomic E-state index is 10.8. The van der Waals surface area contributed by atoms with Gasteiger partial charge in [0.05, 0.1) is 6.54 Å². The minimum absolute atomic E-state index is 0.435. The summed E-state index contributed by atoms with van der Waals surface area (Å²) in [6.45, 7) is 2.50. The Labute approximate surface area is 101 Å². The van der Waals surface area contributed by atoms with Gasteiger partial charge in [0.2, 0.25) is 0 Å². The molecule has 4 nitrogen and oxygen atoms in total. The molecule has 1 unspecified atom stereocenters. The number of aliphatic hydroxyl groups is 1. The van der Waals surface area contributed by atoms with Gasteiger partial charge >= 0.3 is 0 Å². The van der Waals surface area contributed by atoms with Gasteiger partial charge in [-0.3, -0.25) is 0 Å². The first-order valence-electron chi connectivity index (χ1n) is 5.85. The number of nitrogens with zero attached hydrogens (tertiary/aromatic N) is 3. The molecule has 1 aromatic carbocycles. The lowest BCUT2D eigenvalue weighted by atomic mass is 9.89. The lowest BCUT2D eigenvalue weighted by Crippen LogP contribution is -2.31. The van der Waals surface area contributed by atoms with Crippen LogP contribution in [-0.2, 0) is 12.1 Å². The molecule has 1 atom stereocenters. The van der Waals surface area contributed by atoms with E-state index in [1.54, 1.807) is 11.0 Å². The highest BCUT2D eigenvalue weighted by molar-refractivity contribution is 5.22. The van der Waals surface area contributed by atoms with Gasteiger partial charge in [0, 0.05) is 0 Å². The Morgan fingerprint density at radius 3 is 2.65 bits per heavy atom. The van der Waals surface area contributed by atoms with Crippen LogP contribution in [0.25, 0.3) is 0 Å². The highest BCUT2D eigenvalue weighted by Gasteiger charge is 2.28. The highest BCUT2D eigenvalue weighted by atomic mass is 16.3. The van der Waals surface area contributed by atoms with Crippen LogP contribution >= 0.6 is 0 Å². The van der Waals surface area contributed by atoms with Crippen LogP contribution in [0.4, 0.5) is 0 Å². The molecule has 0 aliphatic rings. The van der Waals surface area contributed by atoms with E-state index in [1.165, 1.54) is 6.33 Å². The van der Waals surface area contributed by atoms with Gasteiger partial charge < -0.3 is 5.11 Å². The molecular formula is C13H17N3O. The molecule has 0 saturated carbocycles. The van der Waals surface area contributed by atoms with Crippen molar-refractivity contribution in [2.75, 3.05) is 0 Å². The fourth-order valence-electron chi connectivity index (χ4n) is 2.06. The van der Waals surface area contributed by atoms with E-state index in [0.29, 0.717) is 13.0 Å². The number of rotatable bonds is 5. The molecule has 0 spiro atoms. The zero-order valence-corrected chi connectivity index (χ0v) is 9.95. The Kier molecular flexibility index (Phi) is 3.54. The third kappa shape index (κ3) is 2.71. The van der Waals surface area contributed by atoms with Gasteiger partial charge in [-0.15, -0.1) is 0 Å². The van der Waals surface area contributed by atoms with Crippen molar-refractivity contribution in [1.82, 2.24) is 14.8 Å². The summed E-state index contributed by atoms with van der Waals surface area (Å²) < 4.78 is 1.67. The van der Waals surface area contributed by atoms with Crippen molar-refractivity contribution < 1.29 is 5.11 Å². The molecule has 17 heavy (non-hydrogen) atoms. The number of hydrogen-bond acceptors (Lipinski definition) is 3. The van der Waals surface area contributed by atoms with E-state index in [2.05, 4.69) is 17.0 Å². The molecule has 1 aromatic heterocycles. The van der Waals surface area contributed by atoms with E-state index in [-0.39, 0.29) is 0 Å². The van der Waals surface area contributed by atoms with Gasteiger partial charge in [0.1, 0.15) is 18.3 Å². The molecule has 2 aromatic rings. The number of benzene rings is 1. The number of aromatic nitrogens is 3. The SMILES string of the molecule is CCCC(O)(Cn1cncn1)c1ccccc1. The van der Waals surface area contributed by atoms with Gasteiger partial charge in [-0.1, -0.05) is 43.7 Å². The minimum Gasteiger partial charge on any atom is -0.383 e. The van der Waals surface area contributed by atoms with E-state index in [4.69, 9.17) is 0 Å². The molecule has 90 valence electrons. The Morgan fingerprint density at radius 2 is 2.06 bits per heavy atom. The van der Waals surface area contributed by atoms with E-state index in [1.807, 2.05) is 30.3 Å². The van der Waals surface area contributed by atoms with Crippen LogP contribution in [0.5, 0.6) is 0 Å². The largest absolute Gasteiger partial charge is 0.383 e. The first kappa shape index (κ1) is 11.8. The van der Waals surface area contributed by atoms with Crippen molar-refractivity contribution in [3.05, 3.63) is 48.5 Å². The Morgan fingerprint density at radius 1 is 1.29 bits per heavy atom. The van der Waals surface area contributed by atoms with Crippen LogP contribution in [0.15, 0.2) is 43.0 Å². The minimum atomic E-state index is -0.871. The van der Waals surface area contributed by atoms with Gasteiger partial charge in [-0.2, -0.15) is 5.10 Å². The summed E-state index contributed by atoms with van der Waals surface area (Å²) in [6.07, 6.45) is 4.73. The fourth-order valence-corrected chi connectivity index (χ4v) is 2.06. The second-order valence-corrected chi connectivity index (χ2v) is 4.24.